The van der Waals surface area contributed by atoms with Crippen LogP contribution < -0.4 is 5.32 Å². The zero-order valence-electron chi connectivity index (χ0n) is 16.9. The molecule has 0 radical (unpaired) electrons. The second-order valence-corrected chi connectivity index (χ2v) is 7.63. The van der Waals surface area contributed by atoms with Crippen LogP contribution in [0.25, 0.3) is 11.0 Å². The molecule has 3 aromatic heterocycles. The van der Waals surface area contributed by atoms with Crippen molar-refractivity contribution in [1.29, 1.82) is 0 Å². The first-order chi connectivity index (χ1) is 12.8. The third-order valence-electron chi connectivity index (χ3n) is 4.73. The number of nitrogens with zero attached hydrogens (tertiary/aromatic N) is 5. The molecular formula is C20H28N6O. The number of ether oxygens (including phenoxy) is 1. The SMILES string of the molecule is COC(C)(C)CCc1nccc(Nc2cc3c(cn2)nc(C)n3C(C)C)n1. The van der Waals surface area contributed by atoms with E-state index in [0.29, 0.717) is 6.04 Å². The molecule has 27 heavy (non-hydrogen) atoms. The molecule has 0 amide bonds. The maximum atomic E-state index is 5.47. The Labute approximate surface area is 160 Å². The Bertz CT molecular complexity index is 931. The van der Waals surface area contributed by atoms with Crippen LogP contribution >= 0.6 is 0 Å². The van der Waals surface area contributed by atoms with Gasteiger partial charge >= 0.3 is 0 Å². The highest BCUT2D eigenvalue weighted by Gasteiger charge is 2.17. The van der Waals surface area contributed by atoms with E-state index in [2.05, 4.69) is 57.5 Å². The number of imidazole rings is 1. The highest BCUT2D eigenvalue weighted by molar-refractivity contribution is 5.79. The number of hydrogen-bond acceptors (Lipinski definition) is 6. The third kappa shape index (κ3) is 4.42. The number of methoxy groups -OCH3 is 1. The number of anilines is 2. The fourth-order valence-corrected chi connectivity index (χ4v) is 3.07. The molecule has 3 aromatic rings. The van der Waals surface area contributed by atoms with Crippen LogP contribution in [0.3, 0.4) is 0 Å². The van der Waals surface area contributed by atoms with Gasteiger partial charge in [0.1, 0.15) is 28.8 Å². The molecule has 0 saturated carbocycles. The van der Waals surface area contributed by atoms with Crippen molar-refractivity contribution in [3.05, 3.63) is 36.2 Å². The standard InChI is InChI=1S/C20H28N6O/c1-13(2)26-14(3)23-15-12-22-19(11-16(15)26)25-18-8-10-21-17(24-18)7-9-20(4,5)27-6/h8,10-13H,7,9H2,1-6H3,(H,21,22,24,25). The maximum absolute atomic E-state index is 5.47. The van der Waals surface area contributed by atoms with Crippen LogP contribution in [0.4, 0.5) is 11.6 Å². The number of rotatable bonds is 7. The Balaban J connectivity index is 1.81. The first-order valence-corrected chi connectivity index (χ1v) is 9.28. The van der Waals surface area contributed by atoms with Crippen molar-refractivity contribution < 1.29 is 4.74 Å². The number of aromatic nitrogens is 5. The second-order valence-electron chi connectivity index (χ2n) is 7.63. The van der Waals surface area contributed by atoms with Crippen LogP contribution in [-0.2, 0) is 11.2 Å². The van der Waals surface area contributed by atoms with E-state index in [4.69, 9.17) is 4.74 Å². The summed E-state index contributed by atoms with van der Waals surface area (Å²) in [7, 11) is 1.73. The van der Waals surface area contributed by atoms with Gasteiger partial charge in [0, 0.05) is 31.8 Å². The monoisotopic (exact) mass is 368 g/mol. The van der Waals surface area contributed by atoms with E-state index >= 15 is 0 Å². The van der Waals surface area contributed by atoms with Gasteiger partial charge < -0.3 is 14.6 Å². The van der Waals surface area contributed by atoms with Gasteiger partial charge in [-0.15, -0.1) is 0 Å². The number of fused-ring (bicyclic) bond motifs is 1. The molecule has 0 saturated heterocycles. The molecular weight excluding hydrogens is 340 g/mol. The molecule has 0 spiro atoms. The van der Waals surface area contributed by atoms with Gasteiger partial charge in [0.05, 0.1) is 17.3 Å². The zero-order valence-corrected chi connectivity index (χ0v) is 16.9. The minimum absolute atomic E-state index is 0.188. The second kappa shape index (κ2) is 7.60. The lowest BCUT2D eigenvalue weighted by Crippen LogP contribution is -2.23. The normalized spacial score (nSPS) is 12.1. The Hall–Kier alpha value is -2.54. The summed E-state index contributed by atoms with van der Waals surface area (Å²) >= 11 is 0. The summed E-state index contributed by atoms with van der Waals surface area (Å²) in [6, 6.07) is 4.20. The van der Waals surface area contributed by atoms with Gasteiger partial charge in [-0.3, -0.25) is 0 Å². The predicted octanol–water partition coefficient (Wildman–Crippen LogP) is 4.21. The quantitative estimate of drug-likeness (QED) is 0.673. The van der Waals surface area contributed by atoms with E-state index in [1.165, 1.54) is 0 Å². The van der Waals surface area contributed by atoms with Crippen LogP contribution in [0.2, 0.25) is 0 Å². The summed E-state index contributed by atoms with van der Waals surface area (Å²) in [5, 5.41) is 3.29. The lowest BCUT2D eigenvalue weighted by molar-refractivity contribution is 0.0154. The highest BCUT2D eigenvalue weighted by Crippen LogP contribution is 2.23. The average Bonchev–Trinajstić information content (AvgIpc) is 2.96. The molecule has 0 aliphatic rings. The molecule has 7 nitrogen and oxygen atoms in total. The summed E-state index contributed by atoms with van der Waals surface area (Å²) < 4.78 is 7.68. The summed E-state index contributed by atoms with van der Waals surface area (Å²) in [6.45, 7) is 10.5. The maximum Gasteiger partial charge on any atom is 0.135 e. The average molecular weight is 368 g/mol. The summed E-state index contributed by atoms with van der Waals surface area (Å²) in [5.41, 5.74) is 1.78. The lowest BCUT2D eigenvalue weighted by atomic mass is 10.0. The molecule has 1 N–H and O–H groups in total. The molecule has 0 atom stereocenters. The van der Waals surface area contributed by atoms with Gasteiger partial charge in [0.15, 0.2) is 0 Å². The Kier molecular flexibility index (Phi) is 5.41. The number of nitrogens with one attached hydrogen (secondary N) is 1. The molecule has 0 aliphatic carbocycles. The zero-order chi connectivity index (χ0) is 19.6. The van der Waals surface area contributed by atoms with Gasteiger partial charge in [0.25, 0.3) is 0 Å². The van der Waals surface area contributed by atoms with Crippen molar-refractivity contribution in [2.45, 2.75) is 59.1 Å². The van der Waals surface area contributed by atoms with Crippen LogP contribution in [-0.4, -0.2) is 37.2 Å². The van der Waals surface area contributed by atoms with Crippen molar-refractivity contribution in [2.75, 3.05) is 12.4 Å². The van der Waals surface area contributed by atoms with E-state index in [9.17, 15) is 0 Å². The van der Waals surface area contributed by atoms with Gasteiger partial charge in [-0.05, 0) is 47.1 Å². The third-order valence-corrected chi connectivity index (χ3v) is 4.73. The van der Waals surface area contributed by atoms with E-state index in [1.807, 2.05) is 19.1 Å². The topological polar surface area (TPSA) is 77.8 Å². The fraction of sp³-hybridized carbons (Fsp3) is 0.500. The van der Waals surface area contributed by atoms with Crippen molar-refractivity contribution in [2.24, 2.45) is 0 Å². The van der Waals surface area contributed by atoms with E-state index < -0.39 is 0 Å². The van der Waals surface area contributed by atoms with Gasteiger partial charge in [-0.1, -0.05) is 0 Å². The molecule has 0 aromatic carbocycles. The summed E-state index contributed by atoms with van der Waals surface area (Å²) in [6.07, 6.45) is 5.17. The molecule has 0 fully saturated rings. The van der Waals surface area contributed by atoms with Gasteiger partial charge in [0.2, 0.25) is 0 Å². The molecule has 144 valence electrons. The first-order valence-electron chi connectivity index (χ1n) is 9.28. The van der Waals surface area contributed by atoms with Crippen LogP contribution in [0, 0.1) is 6.92 Å². The fourth-order valence-electron chi connectivity index (χ4n) is 3.07. The minimum atomic E-state index is -0.188. The van der Waals surface area contributed by atoms with Gasteiger partial charge in [-0.25, -0.2) is 19.9 Å². The van der Waals surface area contributed by atoms with Crippen LogP contribution in [0.15, 0.2) is 24.5 Å². The van der Waals surface area contributed by atoms with E-state index in [1.54, 1.807) is 19.5 Å². The lowest BCUT2D eigenvalue weighted by Gasteiger charge is -2.22. The molecule has 3 heterocycles. The Morgan fingerprint density at radius 2 is 1.96 bits per heavy atom. The molecule has 0 aliphatic heterocycles. The number of hydrogen-bond donors (Lipinski definition) is 1. The van der Waals surface area contributed by atoms with E-state index in [0.717, 1.165) is 47.2 Å². The van der Waals surface area contributed by atoms with Crippen LogP contribution in [0.1, 0.15) is 51.8 Å². The Morgan fingerprint density at radius 1 is 1.19 bits per heavy atom. The van der Waals surface area contributed by atoms with Crippen molar-refractivity contribution >= 4 is 22.7 Å². The highest BCUT2D eigenvalue weighted by atomic mass is 16.5. The van der Waals surface area contributed by atoms with Gasteiger partial charge in [-0.2, -0.15) is 0 Å². The molecule has 0 bridgehead atoms. The van der Waals surface area contributed by atoms with Crippen molar-refractivity contribution in [1.82, 2.24) is 24.5 Å². The number of aryl methyl sites for hydroxylation is 2. The van der Waals surface area contributed by atoms with E-state index in [-0.39, 0.29) is 5.60 Å². The first kappa shape index (κ1) is 19.2. The Morgan fingerprint density at radius 3 is 2.67 bits per heavy atom. The molecule has 3 rings (SSSR count). The van der Waals surface area contributed by atoms with Crippen molar-refractivity contribution in [3.8, 4) is 0 Å². The van der Waals surface area contributed by atoms with Crippen molar-refractivity contribution in [3.63, 3.8) is 0 Å². The van der Waals surface area contributed by atoms with Crippen LogP contribution in [0.5, 0.6) is 0 Å². The predicted molar refractivity (Wildman–Crippen MR) is 107 cm³/mol. The summed E-state index contributed by atoms with van der Waals surface area (Å²) in [5.74, 6) is 3.25. The largest absolute Gasteiger partial charge is 0.379 e. The summed E-state index contributed by atoms with van der Waals surface area (Å²) in [4.78, 5) is 18.0. The minimum Gasteiger partial charge on any atom is -0.379 e. The number of pyridine rings is 1. The smallest absolute Gasteiger partial charge is 0.135 e. The molecule has 7 heteroatoms. The molecule has 0 unspecified atom stereocenters.